The molecule has 162 valence electrons. The third-order valence-electron chi connectivity index (χ3n) is 5.40. The Labute approximate surface area is 180 Å². The maximum atomic E-state index is 12.3. The third-order valence-corrected chi connectivity index (χ3v) is 5.40. The van der Waals surface area contributed by atoms with Gasteiger partial charge in [0.25, 0.3) is 11.8 Å². The predicted octanol–water partition coefficient (Wildman–Crippen LogP) is 2.90. The van der Waals surface area contributed by atoms with Crippen molar-refractivity contribution < 1.29 is 24.3 Å². The van der Waals surface area contributed by atoms with Gasteiger partial charge in [-0.3, -0.25) is 30.0 Å². The van der Waals surface area contributed by atoms with Crippen molar-refractivity contribution in [1.82, 2.24) is 10.9 Å². The number of rotatable bonds is 5. The lowest BCUT2D eigenvalue weighted by Gasteiger charge is -2.27. The minimum absolute atomic E-state index is 0.256. The molecule has 3 rings (SSSR count). The Bertz CT molecular complexity index is 987. The van der Waals surface area contributed by atoms with Gasteiger partial charge in [-0.25, -0.2) is 0 Å². The van der Waals surface area contributed by atoms with Crippen LogP contribution in [0.3, 0.4) is 0 Å². The van der Waals surface area contributed by atoms with E-state index >= 15 is 0 Å². The van der Waals surface area contributed by atoms with Crippen molar-refractivity contribution in [3.05, 3.63) is 65.2 Å². The van der Waals surface area contributed by atoms with E-state index in [1.807, 2.05) is 13.0 Å². The summed E-state index contributed by atoms with van der Waals surface area (Å²) in [5.41, 5.74) is 6.99. The van der Waals surface area contributed by atoms with Gasteiger partial charge in [0.1, 0.15) is 0 Å². The van der Waals surface area contributed by atoms with Crippen LogP contribution in [0.25, 0.3) is 0 Å². The second-order valence-electron chi connectivity index (χ2n) is 7.68. The highest BCUT2D eigenvalue weighted by Crippen LogP contribution is 2.30. The zero-order valence-electron chi connectivity index (χ0n) is 17.2. The van der Waals surface area contributed by atoms with Crippen LogP contribution < -0.4 is 16.2 Å². The molecule has 0 unspecified atom stereocenters. The number of hydrogen-bond donors (Lipinski definition) is 4. The second kappa shape index (κ2) is 9.88. The molecule has 4 N–H and O–H groups in total. The smallest absolute Gasteiger partial charge is 0.307 e. The van der Waals surface area contributed by atoms with Gasteiger partial charge >= 0.3 is 5.97 Å². The van der Waals surface area contributed by atoms with Gasteiger partial charge < -0.3 is 10.4 Å². The van der Waals surface area contributed by atoms with E-state index in [-0.39, 0.29) is 11.5 Å². The number of benzene rings is 2. The molecule has 8 heteroatoms. The van der Waals surface area contributed by atoms with Crippen molar-refractivity contribution in [2.45, 2.75) is 32.6 Å². The topological polar surface area (TPSA) is 125 Å². The maximum Gasteiger partial charge on any atom is 0.307 e. The normalized spacial score (nSPS) is 18.0. The number of nitrogens with one attached hydrogen (secondary N) is 3. The maximum absolute atomic E-state index is 12.3. The second-order valence-corrected chi connectivity index (χ2v) is 7.68. The first-order chi connectivity index (χ1) is 14.8. The van der Waals surface area contributed by atoms with Crippen LogP contribution in [0, 0.1) is 18.8 Å². The highest BCUT2D eigenvalue weighted by atomic mass is 16.4. The van der Waals surface area contributed by atoms with Gasteiger partial charge in [0.15, 0.2) is 0 Å². The highest BCUT2D eigenvalue weighted by molar-refractivity contribution is 6.04. The van der Waals surface area contributed by atoms with Crippen LogP contribution in [0.2, 0.25) is 0 Å². The molecule has 2 atom stereocenters. The van der Waals surface area contributed by atoms with Crippen molar-refractivity contribution in [3.63, 3.8) is 0 Å². The molecule has 3 amide bonds. The fourth-order valence-electron chi connectivity index (χ4n) is 3.72. The molecule has 0 spiro atoms. The number of carboxylic acids is 1. The van der Waals surface area contributed by atoms with Crippen molar-refractivity contribution in [2.24, 2.45) is 11.8 Å². The summed E-state index contributed by atoms with van der Waals surface area (Å²) < 4.78 is 0. The predicted molar refractivity (Wildman–Crippen MR) is 114 cm³/mol. The molecule has 1 aliphatic carbocycles. The summed E-state index contributed by atoms with van der Waals surface area (Å²) in [5, 5.41) is 12.1. The Morgan fingerprint density at radius 2 is 1.52 bits per heavy atom. The number of carbonyl (C=O) groups excluding carboxylic acids is 3. The number of aliphatic carboxylic acids is 1. The van der Waals surface area contributed by atoms with Gasteiger partial charge in [0.2, 0.25) is 5.91 Å². The van der Waals surface area contributed by atoms with Crippen LogP contribution in [0.4, 0.5) is 5.69 Å². The van der Waals surface area contributed by atoms with E-state index in [2.05, 4.69) is 16.2 Å². The number of hydrogen-bond acceptors (Lipinski definition) is 4. The van der Waals surface area contributed by atoms with Crippen molar-refractivity contribution >= 4 is 29.4 Å². The molecule has 1 fully saturated rings. The van der Waals surface area contributed by atoms with Crippen molar-refractivity contribution in [3.8, 4) is 0 Å². The Hall–Kier alpha value is -3.68. The average molecular weight is 423 g/mol. The van der Waals surface area contributed by atoms with E-state index in [9.17, 15) is 24.3 Å². The van der Waals surface area contributed by atoms with E-state index in [1.54, 1.807) is 30.3 Å². The zero-order valence-corrected chi connectivity index (χ0v) is 17.2. The van der Waals surface area contributed by atoms with Gasteiger partial charge in [0, 0.05) is 16.8 Å². The molecule has 0 aromatic heterocycles. The van der Waals surface area contributed by atoms with E-state index in [4.69, 9.17) is 0 Å². The van der Waals surface area contributed by atoms with Crippen LogP contribution in [-0.2, 0) is 9.59 Å². The molecule has 0 bridgehead atoms. The van der Waals surface area contributed by atoms with Gasteiger partial charge in [-0.05, 0) is 56.2 Å². The van der Waals surface area contributed by atoms with E-state index in [0.717, 1.165) is 18.4 Å². The van der Waals surface area contributed by atoms with Crippen LogP contribution in [-0.4, -0.2) is 28.8 Å². The summed E-state index contributed by atoms with van der Waals surface area (Å²) in [6.07, 6.45) is 2.50. The summed E-state index contributed by atoms with van der Waals surface area (Å²) in [7, 11) is 0. The largest absolute Gasteiger partial charge is 0.481 e. The molecule has 1 aliphatic rings. The van der Waals surface area contributed by atoms with Gasteiger partial charge in [-0.1, -0.05) is 30.5 Å². The average Bonchev–Trinajstić information content (AvgIpc) is 2.77. The minimum Gasteiger partial charge on any atom is -0.481 e. The summed E-state index contributed by atoms with van der Waals surface area (Å²) in [6, 6.07) is 13.4. The number of hydrazine groups is 1. The van der Waals surface area contributed by atoms with Crippen LogP contribution in [0.5, 0.6) is 0 Å². The van der Waals surface area contributed by atoms with Gasteiger partial charge in [-0.15, -0.1) is 0 Å². The third kappa shape index (κ3) is 5.69. The summed E-state index contributed by atoms with van der Waals surface area (Å²) in [4.78, 5) is 48.3. The molecule has 1 saturated carbocycles. The van der Waals surface area contributed by atoms with Crippen LogP contribution in [0.15, 0.2) is 48.5 Å². The van der Waals surface area contributed by atoms with Crippen molar-refractivity contribution in [1.29, 1.82) is 0 Å². The molecule has 0 heterocycles. The number of aryl methyl sites for hydroxylation is 1. The van der Waals surface area contributed by atoms with Crippen molar-refractivity contribution in [2.75, 3.05) is 5.32 Å². The first-order valence-electron chi connectivity index (χ1n) is 10.2. The number of amides is 3. The molecule has 0 saturated heterocycles. The van der Waals surface area contributed by atoms with Gasteiger partial charge in [0.05, 0.1) is 11.8 Å². The highest BCUT2D eigenvalue weighted by Gasteiger charge is 2.35. The summed E-state index contributed by atoms with van der Waals surface area (Å²) in [6.45, 7) is 1.90. The number of carboxylic acid groups (broad SMARTS) is 1. The molecule has 31 heavy (non-hydrogen) atoms. The molecule has 8 nitrogen and oxygen atoms in total. The van der Waals surface area contributed by atoms with Gasteiger partial charge in [-0.2, -0.15) is 0 Å². The van der Waals surface area contributed by atoms with Crippen LogP contribution >= 0.6 is 0 Å². The molecular formula is C23H25N3O5. The Morgan fingerprint density at radius 3 is 2.16 bits per heavy atom. The lowest BCUT2D eigenvalue weighted by Crippen LogP contribution is -2.47. The Kier molecular flexibility index (Phi) is 7.02. The molecule has 2 aromatic rings. The fraction of sp³-hybridized carbons (Fsp3) is 0.304. The minimum atomic E-state index is -0.991. The summed E-state index contributed by atoms with van der Waals surface area (Å²) >= 11 is 0. The number of anilines is 1. The molecule has 0 radical (unpaired) electrons. The lowest BCUT2D eigenvalue weighted by molar-refractivity contribution is -0.149. The van der Waals surface area contributed by atoms with E-state index in [0.29, 0.717) is 24.1 Å². The first-order valence-corrected chi connectivity index (χ1v) is 10.2. The van der Waals surface area contributed by atoms with Crippen LogP contribution in [0.1, 0.15) is 52.0 Å². The Morgan fingerprint density at radius 1 is 0.839 bits per heavy atom. The standard InChI is InChI=1S/C23H25N3O5/c1-14-5-4-6-16(13-14)20(27)24-17-11-9-15(10-12-17)21(28)25-26-22(29)18-7-2-3-8-19(18)23(30)31/h4-6,9-13,18-19H,2-3,7-8H2,1H3,(H,24,27)(H,25,28)(H,26,29)(H,30,31)/t18-,19+/m0/s1. The fourth-order valence-corrected chi connectivity index (χ4v) is 3.72. The first kappa shape index (κ1) is 22.0. The molecule has 0 aliphatic heterocycles. The van der Waals surface area contributed by atoms with E-state index < -0.39 is 29.6 Å². The zero-order chi connectivity index (χ0) is 22.4. The Balaban J connectivity index is 1.54. The monoisotopic (exact) mass is 423 g/mol. The number of carbonyl (C=O) groups is 4. The summed E-state index contributed by atoms with van der Waals surface area (Å²) in [5.74, 6) is -3.68. The molecule has 2 aromatic carbocycles. The quantitative estimate of drug-likeness (QED) is 0.551. The molecular weight excluding hydrogens is 398 g/mol. The lowest BCUT2D eigenvalue weighted by atomic mass is 9.79. The SMILES string of the molecule is Cc1cccc(C(=O)Nc2ccc(C(=O)NNC(=O)[C@H]3CCCC[C@H]3C(=O)O)cc2)c1. The van der Waals surface area contributed by atoms with E-state index in [1.165, 1.54) is 12.1 Å².